The normalized spacial score (nSPS) is 21.5. The van der Waals surface area contributed by atoms with Gasteiger partial charge in [-0.1, -0.05) is 6.07 Å². The van der Waals surface area contributed by atoms with Crippen LogP contribution in [0.1, 0.15) is 6.42 Å². The summed E-state index contributed by atoms with van der Waals surface area (Å²) in [6.45, 7) is 0. The van der Waals surface area contributed by atoms with E-state index < -0.39 is 21.7 Å². The van der Waals surface area contributed by atoms with Crippen molar-refractivity contribution in [1.82, 2.24) is 5.32 Å². The maximum Gasteiger partial charge on any atom is 0.319 e. The van der Waals surface area contributed by atoms with E-state index in [0.717, 1.165) is 0 Å². The third kappa shape index (κ3) is 3.43. The minimum absolute atomic E-state index is 0.0381. The molecular weight excluding hydrogens is 259 g/mol. The van der Waals surface area contributed by atoms with Crippen LogP contribution < -0.4 is 10.6 Å². The van der Waals surface area contributed by atoms with Crippen LogP contribution >= 0.6 is 0 Å². The molecule has 2 amide bonds. The van der Waals surface area contributed by atoms with Gasteiger partial charge < -0.3 is 10.6 Å². The van der Waals surface area contributed by atoms with Gasteiger partial charge in [0.2, 0.25) is 0 Å². The first-order valence-corrected chi connectivity index (χ1v) is 7.30. The number of anilines is 1. The van der Waals surface area contributed by atoms with Gasteiger partial charge in [0.05, 0.1) is 11.5 Å². The van der Waals surface area contributed by atoms with Crippen molar-refractivity contribution in [1.29, 1.82) is 0 Å². The lowest BCUT2D eigenvalue weighted by Gasteiger charge is -2.11. The lowest BCUT2D eigenvalue weighted by Crippen LogP contribution is -2.38. The number of carbonyl (C=O) groups is 1. The molecule has 1 aliphatic rings. The van der Waals surface area contributed by atoms with Crippen molar-refractivity contribution in [3.8, 4) is 0 Å². The quantitative estimate of drug-likeness (QED) is 0.847. The molecule has 98 valence electrons. The fourth-order valence-corrected chi connectivity index (χ4v) is 3.50. The standard InChI is InChI=1S/C11H13FN2O3S/c12-8-2-1-3-9(6-8)13-11(15)14-10-4-5-18(16,17)7-10/h1-3,6,10H,4-5,7H2,(H2,13,14,15). The molecular formula is C11H13FN2O3S. The topological polar surface area (TPSA) is 75.3 Å². The molecule has 0 aromatic heterocycles. The van der Waals surface area contributed by atoms with Gasteiger partial charge >= 0.3 is 6.03 Å². The summed E-state index contributed by atoms with van der Waals surface area (Å²) in [6, 6.07) is 4.59. The van der Waals surface area contributed by atoms with Gasteiger partial charge in [0, 0.05) is 11.7 Å². The van der Waals surface area contributed by atoms with Crippen molar-refractivity contribution in [2.24, 2.45) is 0 Å². The number of amides is 2. The Balaban J connectivity index is 1.90. The number of nitrogens with one attached hydrogen (secondary N) is 2. The van der Waals surface area contributed by atoms with Crippen molar-refractivity contribution in [3.63, 3.8) is 0 Å². The summed E-state index contributed by atoms with van der Waals surface area (Å²) in [7, 11) is -3.02. The molecule has 7 heteroatoms. The van der Waals surface area contributed by atoms with Crippen LogP contribution in [0, 0.1) is 5.82 Å². The second-order valence-electron chi connectivity index (χ2n) is 4.21. The molecule has 1 aromatic carbocycles. The molecule has 2 N–H and O–H groups in total. The highest BCUT2D eigenvalue weighted by Gasteiger charge is 2.28. The van der Waals surface area contributed by atoms with Gasteiger partial charge in [-0.15, -0.1) is 0 Å². The monoisotopic (exact) mass is 272 g/mol. The Morgan fingerprint density at radius 2 is 2.17 bits per heavy atom. The first kappa shape index (κ1) is 12.8. The average molecular weight is 272 g/mol. The van der Waals surface area contributed by atoms with Crippen molar-refractivity contribution in [2.45, 2.75) is 12.5 Å². The van der Waals surface area contributed by atoms with E-state index in [2.05, 4.69) is 10.6 Å². The molecule has 2 rings (SSSR count). The van der Waals surface area contributed by atoms with E-state index in [0.29, 0.717) is 12.1 Å². The number of rotatable bonds is 2. The molecule has 0 radical (unpaired) electrons. The van der Waals surface area contributed by atoms with Gasteiger partial charge in [-0.3, -0.25) is 0 Å². The van der Waals surface area contributed by atoms with E-state index in [-0.39, 0.29) is 17.5 Å². The second-order valence-corrected chi connectivity index (χ2v) is 6.44. The second kappa shape index (κ2) is 4.93. The molecule has 5 nitrogen and oxygen atoms in total. The van der Waals surface area contributed by atoms with Crippen LogP contribution in [0.5, 0.6) is 0 Å². The van der Waals surface area contributed by atoms with Gasteiger partial charge in [0.25, 0.3) is 0 Å². The Hall–Kier alpha value is -1.63. The summed E-state index contributed by atoms with van der Waals surface area (Å²) in [5, 5.41) is 5.00. The smallest absolute Gasteiger partial charge is 0.319 e. The molecule has 1 atom stereocenters. The summed E-state index contributed by atoms with van der Waals surface area (Å²) in [5.41, 5.74) is 0.327. The molecule has 1 unspecified atom stereocenters. The number of sulfone groups is 1. The highest BCUT2D eigenvalue weighted by molar-refractivity contribution is 7.91. The summed E-state index contributed by atoms with van der Waals surface area (Å²) in [6.07, 6.45) is 0.416. The van der Waals surface area contributed by atoms with Crippen molar-refractivity contribution in [3.05, 3.63) is 30.1 Å². The molecule has 1 aliphatic heterocycles. The lowest BCUT2D eigenvalue weighted by molar-refractivity contribution is 0.249. The number of urea groups is 1. The Labute approximate surface area is 104 Å². The molecule has 1 aromatic rings. The molecule has 0 saturated carbocycles. The van der Waals surface area contributed by atoms with Crippen LogP contribution in [-0.2, 0) is 9.84 Å². The summed E-state index contributed by atoms with van der Waals surface area (Å²) < 4.78 is 35.3. The zero-order valence-corrected chi connectivity index (χ0v) is 10.3. The maximum absolute atomic E-state index is 12.9. The Morgan fingerprint density at radius 3 is 2.78 bits per heavy atom. The Morgan fingerprint density at radius 1 is 1.39 bits per heavy atom. The fourth-order valence-electron chi connectivity index (χ4n) is 1.83. The van der Waals surface area contributed by atoms with Crippen LogP contribution in [0.3, 0.4) is 0 Å². The van der Waals surface area contributed by atoms with Gasteiger partial charge in [-0.2, -0.15) is 0 Å². The molecule has 1 saturated heterocycles. The van der Waals surface area contributed by atoms with Crippen LogP contribution in [0.15, 0.2) is 24.3 Å². The van der Waals surface area contributed by atoms with Gasteiger partial charge in [-0.25, -0.2) is 17.6 Å². The van der Waals surface area contributed by atoms with E-state index in [4.69, 9.17) is 0 Å². The fraction of sp³-hybridized carbons (Fsp3) is 0.364. The van der Waals surface area contributed by atoms with Gasteiger partial charge in [-0.05, 0) is 24.6 Å². The number of hydrogen-bond donors (Lipinski definition) is 2. The number of benzene rings is 1. The van der Waals surface area contributed by atoms with Crippen molar-refractivity contribution < 1.29 is 17.6 Å². The van der Waals surface area contributed by atoms with E-state index >= 15 is 0 Å². The van der Waals surface area contributed by atoms with Gasteiger partial charge in [0.15, 0.2) is 9.84 Å². The maximum atomic E-state index is 12.9. The molecule has 18 heavy (non-hydrogen) atoms. The molecule has 0 spiro atoms. The lowest BCUT2D eigenvalue weighted by atomic mass is 10.3. The summed E-state index contributed by atoms with van der Waals surface area (Å²) in [5.74, 6) is -0.391. The van der Waals surface area contributed by atoms with E-state index in [1.165, 1.54) is 18.2 Å². The predicted octanol–water partition coefficient (Wildman–Crippen LogP) is 1.13. The van der Waals surface area contributed by atoms with Crippen LogP contribution in [0.2, 0.25) is 0 Å². The van der Waals surface area contributed by atoms with Crippen LogP contribution in [-0.4, -0.2) is 32.0 Å². The van der Waals surface area contributed by atoms with Crippen molar-refractivity contribution >= 4 is 21.6 Å². The van der Waals surface area contributed by atoms with Crippen LogP contribution in [0.4, 0.5) is 14.9 Å². The molecule has 1 fully saturated rings. The third-order valence-corrected chi connectivity index (χ3v) is 4.42. The highest BCUT2D eigenvalue weighted by atomic mass is 32.2. The van der Waals surface area contributed by atoms with E-state index in [1.54, 1.807) is 6.07 Å². The highest BCUT2D eigenvalue weighted by Crippen LogP contribution is 2.12. The van der Waals surface area contributed by atoms with Gasteiger partial charge in [0.1, 0.15) is 5.82 Å². The largest absolute Gasteiger partial charge is 0.334 e. The van der Waals surface area contributed by atoms with E-state index in [1.807, 2.05) is 0 Å². The zero-order chi connectivity index (χ0) is 13.2. The Kier molecular flexibility index (Phi) is 3.51. The summed E-state index contributed by atoms with van der Waals surface area (Å²) in [4.78, 5) is 11.6. The predicted molar refractivity (Wildman–Crippen MR) is 65.6 cm³/mol. The molecule has 0 bridgehead atoms. The number of carbonyl (C=O) groups excluding carboxylic acids is 1. The number of hydrogen-bond acceptors (Lipinski definition) is 3. The molecule has 0 aliphatic carbocycles. The van der Waals surface area contributed by atoms with E-state index in [9.17, 15) is 17.6 Å². The number of halogens is 1. The average Bonchev–Trinajstić information content (AvgIpc) is 2.57. The first-order chi connectivity index (χ1) is 8.44. The minimum Gasteiger partial charge on any atom is -0.334 e. The summed E-state index contributed by atoms with van der Waals surface area (Å²) >= 11 is 0. The van der Waals surface area contributed by atoms with Crippen LogP contribution in [0.25, 0.3) is 0 Å². The zero-order valence-electron chi connectivity index (χ0n) is 9.52. The third-order valence-electron chi connectivity index (χ3n) is 2.65. The Bertz CT molecular complexity index is 559. The molecule has 1 heterocycles. The minimum atomic E-state index is -3.02. The SMILES string of the molecule is O=C(Nc1cccc(F)c1)NC1CCS(=O)(=O)C1. The first-order valence-electron chi connectivity index (χ1n) is 5.48. The van der Waals surface area contributed by atoms with Crippen molar-refractivity contribution in [2.75, 3.05) is 16.8 Å².